The monoisotopic (exact) mass is 607 g/mol. The Balaban J connectivity index is 1.27. The van der Waals surface area contributed by atoms with Crippen LogP contribution in [0, 0.1) is 0 Å². The number of halogens is 3. The minimum atomic E-state index is -0.00699. The first-order valence-electron chi connectivity index (χ1n) is 11.0. The number of Topliss-reactive ketones (excluding diaryl/α,β-unsaturated/α-hetero) is 1. The molecule has 0 unspecified atom stereocenters. The number of aromatic nitrogens is 3. The summed E-state index contributed by atoms with van der Waals surface area (Å²) < 4.78 is 3.47. The number of rotatable bonds is 7. The summed E-state index contributed by atoms with van der Waals surface area (Å²) in [5.41, 5.74) is 2.34. The van der Waals surface area contributed by atoms with E-state index in [0.29, 0.717) is 30.2 Å². The molecule has 2 heterocycles. The van der Waals surface area contributed by atoms with E-state index in [4.69, 9.17) is 11.6 Å². The Kier molecular flexibility index (Phi) is 8.52. The van der Waals surface area contributed by atoms with Crippen LogP contribution in [-0.4, -0.2) is 62.7 Å². The molecule has 1 amide bonds. The topological polar surface area (TPSA) is 71.3 Å². The largest absolute Gasteiger partial charge is 0.341 e. The van der Waals surface area contributed by atoms with Crippen molar-refractivity contribution in [2.75, 3.05) is 26.2 Å². The summed E-state index contributed by atoms with van der Waals surface area (Å²) in [6.07, 6.45) is 3.24. The van der Waals surface area contributed by atoms with Gasteiger partial charge in [-0.2, -0.15) is 0 Å². The lowest BCUT2D eigenvalue weighted by molar-refractivity contribution is -0.131. The molecule has 3 aromatic rings. The molecule has 1 saturated heterocycles. The van der Waals surface area contributed by atoms with Crippen LogP contribution >= 0.6 is 43.5 Å². The maximum absolute atomic E-state index is 12.7. The molecule has 34 heavy (non-hydrogen) atoms. The molecule has 178 valence electrons. The van der Waals surface area contributed by atoms with E-state index < -0.39 is 0 Å². The Morgan fingerprint density at radius 3 is 2.53 bits per heavy atom. The highest BCUT2D eigenvalue weighted by Crippen LogP contribution is 2.24. The standard InChI is InChI=1S/C24H24Br2ClN5O2/c25-18-4-2-17(3-5-18)23(33)8-9-24(34)31-11-1-10-30(12-13-31)15-19-16-32(29-28-19)20-6-7-21(26)22(27)14-20/h2-7,14,16H,1,8-13,15H2. The minimum Gasteiger partial charge on any atom is -0.341 e. The van der Waals surface area contributed by atoms with E-state index in [1.807, 2.05) is 41.4 Å². The molecular weight excluding hydrogens is 586 g/mol. The molecule has 4 rings (SSSR count). The fourth-order valence-corrected chi connectivity index (χ4v) is 4.58. The number of amides is 1. The summed E-state index contributed by atoms with van der Waals surface area (Å²) in [4.78, 5) is 29.3. The van der Waals surface area contributed by atoms with Crippen molar-refractivity contribution < 1.29 is 9.59 Å². The SMILES string of the molecule is O=C(CCC(=O)N1CCCN(Cc2cn(-c3ccc(Br)c(Cl)c3)nn2)CC1)c1ccc(Br)cc1. The Labute approximate surface area is 220 Å². The number of carbonyl (C=O) groups excluding carboxylic acids is 2. The van der Waals surface area contributed by atoms with Gasteiger partial charge in [0.15, 0.2) is 5.78 Å². The average Bonchev–Trinajstić information content (AvgIpc) is 3.17. The van der Waals surface area contributed by atoms with Crippen molar-refractivity contribution >= 4 is 55.2 Å². The fourth-order valence-electron chi connectivity index (χ4n) is 3.89. The highest BCUT2D eigenvalue weighted by Gasteiger charge is 2.21. The van der Waals surface area contributed by atoms with Gasteiger partial charge in [-0.05, 0) is 52.7 Å². The zero-order valence-electron chi connectivity index (χ0n) is 18.5. The summed E-state index contributed by atoms with van der Waals surface area (Å²) >= 11 is 13.0. The van der Waals surface area contributed by atoms with Crippen molar-refractivity contribution in [3.8, 4) is 5.69 Å². The smallest absolute Gasteiger partial charge is 0.223 e. The third-order valence-corrected chi connectivity index (χ3v) is 7.53. The molecule has 10 heteroatoms. The van der Waals surface area contributed by atoms with Crippen LogP contribution < -0.4 is 0 Å². The van der Waals surface area contributed by atoms with E-state index >= 15 is 0 Å². The highest BCUT2D eigenvalue weighted by atomic mass is 79.9. The highest BCUT2D eigenvalue weighted by molar-refractivity contribution is 9.10. The third kappa shape index (κ3) is 6.53. The second-order valence-electron chi connectivity index (χ2n) is 8.19. The van der Waals surface area contributed by atoms with Crippen LogP contribution in [0.3, 0.4) is 0 Å². The average molecular weight is 610 g/mol. The van der Waals surface area contributed by atoms with Crippen molar-refractivity contribution in [3.63, 3.8) is 0 Å². The summed E-state index contributed by atoms with van der Waals surface area (Å²) in [5.74, 6) is 0.0258. The quantitative estimate of drug-likeness (QED) is 0.347. The van der Waals surface area contributed by atoms with Gasteiger partial charge in [0.25, 0.3) is 0 Å². The van der Waals surface area contributed by atoms with Gasteiger partial charge < -0.3 is 4.90 Å². The third-order valence-electron chi connectivity index (χ3n) is 5.77. The number of ketones is 1. The molecule has 0 bridgehead atoms. The van der Waals surface area contributed by atoms with Crippen LogP contribution in [0.5, 0.6) is 0 Å². The van der Waals surface area contributed by atoms with E-state index in [1.165, 1.54) is 0 Å². The van der Waals surface area contributed by atoms with E-state index in [9.17, 15) is 9.59 Å². The Morgan fingerprint density at radius 2 is 1.76 bits per heavy atom. The van der Waals surface area contributed by atoms with Gasteiger partial charge in [0, 0.05) is 60.1 Å². The first kappa shape index (κ1) is 25.0. The van der Waals surface area contributed by atoms with Crippen LogP contribution in [0.2, 0.25) is 5.02 Å². The van der Waals surface area contributed by atoms with Crippen molar-refractivity contribution in [2.24, 2.45) is 0 Å². The van der Waals surface area contributed by atoms with Gasteiger partial charge in [-0.1, -0.05) is 44.9 Å². The molecule has 1 fully saturated rings. The minimum absolute atomic E-state index is 0.00699. The van der Waals surface area contributed by atoms with E-state index in [1.54, 1.807) is 16.8 Å². The van der Waals surface area contributed by atoms with Crippen LogP contribution in [0.4, 0.5) is 0 Å². The number of hydrogen-bond acceptors (Lipinski definition) is 5. The van der Waals surface area contributed by atoms with Crippen LogP contribution in [0.15, 0.2) is 57.6 Å². The van der Waals surface area contributed by atoms with Gasteiger partial charge >= 0.3 is 0 Å². The van der Waals surface area contributed by atoms with Gasteiger partial charge in [0.05, 0.1) is 22.6 Å². The zero-order valence-corrected chi connectivity index (χ0v) is 22.4. The Bertz CT molecular complexity index is 1170. The molecule has 1 aliphatic rings. The zero-order chi connectivity index (χ0) is 24.1. The van der Waals surface area contributed by atoms with Crippen LogP contribution in [0.1, 0.15) is 35.3 Å². The maximum atomic E-state index is 12.7. The number of hydrogen-bond donors (Lipinski definition) is 0. The molecule has 1 aromatic heterocycles. The summed E-state index contributed by atoms with van der Waals surface area (Å²) in [7, 11) is 0. The van der Waals surface area contributed by atoms with E-state index in [2.05, 4.69) is 47.1 Å². The van der Waals surface area contributed by atoms with E-state index in [0.717, 1.165) is 39.8 Å². The molecule has 0 atom stereocenters. The molecule has 2 aromatic carbocycles. The summed E-state index contributed by atoms with van der Waals surface area (Å²) in [6.45, 7) is 3.63. The molecule has 0 aliphatic carbocycles. The normalized spacial score (nSPS) is 14.7. The lowest BCUT2D eigenvalue weighted by Gasteiger charge is -2.21. The first-order valence-corrected chi connectivity index (χ1v) is 13.0. The molecular formula is C24H24Br2ClN5O2. The molecule has 0 radical (unpaired) electrons. The Hall–Kier alpha value is -2.07. The van der Waals surface area contributed by atoms with Gasteiger partial charge in [-0.3, -0.25) is 14.5 Å². The number of carbonyl (C=O) groups is 2. The molecule has 0 N–H and O–H groups in total. The lowest BCUT2D eigenvalue weighted by atomic mass is 10.1. The van der Waals surface area contributed by atoms with Crippen molar-refractivity contribution in [1.82, 2.24) is 24.8 Å². The van der Waals surface area contributed by atoms with Crippen molar-refractivity contribution in [1.29, 1.82) is 0 Å². The number of nitrogens with zero attached hydrogens (tertiary/aromatic N) is 5. The Morgan fingerprint density at radius 1 is 0.971 bits per heavy atom. The second kappa shape index (κ2) is 11.6. The molecule has 0 spiro atoms. The van der Waals surface area contributed by atoms with E-state index in [-0.39, 0.29) is 24.5 Å². The van der Waals surface area contributed by atoms with Gasteiger partial charge in [0.2, 0.25) is 5.91 Å². The van der Waals surface area contributed by atoms with Gasteiger partial charge in [-0.15, -0.1) is 5.10 Å². The fraction of sp³-hybridized carbons (Fsp3) is 0.333. The first-order chi connectivity index (χ1) is 16.4. The van der Waals surface area contributed by atoms with Gasteiger partial charge in [0.1, 0.15) is 0 Å². The predicted octanol–water partition coefficient (Wildman–Crippen LogP) is 5.14. The van der Waals surface area contributed by atoms with Crippen LogP contribution in [-0.2, 0) is 11.3 Å². The maximum Gasteiger partial charge on any atom is 0.223 e. The molecule has 1 aliphatic heterocycles. The predicted molar refractivity (Wildman–Crippen MR) is 138 cm³/mol. The van der Waals surface area contributed by atoms with Crippen LogP contribution in [0.25, 0.3) is 5.69 Å². The van der Waals surface area contributed by atoms with Crippen molar-refractivity contribution in [2.45, 2.75) is 25.8 Å². The second-order valence-corrected chi connectivity index (χ2v) is 10.4. The summed E-state index contributed by atoms with van der Waals surface area (Å²) in [5, 5.41) is 9.15. The van der Waals surface area contributed by atoms with Crippen molar-refractivity contribution in [3.05, 3.63) is 73.9 Å². The summed E-state index contributed by atoms with van der Waals surface area (Å²) in [6, 6.07) is 12.9. The van der Waals surface area contributed by atoms with Gasteiger partial charge in [-0.25, -0.2) is 4.68 Å². The number of benzene rings is 2. The molecule has 7 nitrogen and oxygen atoms in total. The lowest BCUT2D eigenvalue weighted by Crippen LogP contribution is -2.35. The molecule has 0 saturated carbocycles.